The second kappa shape index (κ2) is 7.04. The monoisotopic (exact) mass is 338 g/mol. The molecule has 1 aliphatic heterocycles. The largest absolute Gasteiger partial charge is 0.362 e. The molecule has 0 spiro atoms. The highest BCUT2D eigenvalue weighted by Crippen LogP contribution is 2.23. The lowest BCUT2D eigenvalue weighted by Gasteiger charge is -2.18. The zero-order chi connectivity index (χ0) is 17.2. The van der Waals surface area contributed by atoms with Gasteiger partial charge < -0.3 is 10.6 Å². The van der Waals surface area contributed by atoms with E-state index in [1.54, 1.807) is 0 Å². The Balaban J connectivity index is 1.58. The highest BCUT2D eigenvalue weighted by atomic mass is 15.1. The molecule has 0 saturated heterocycles. The highest BCUT2D eigenvalue weighted by Gasteiger charge is 2.18. The number of aromatic nitrogens is 4. The van der Waals surface area contributed by atoms with E-state index in [1.807, 2.05) is 6.92 Å². The molecule has 0 unspecified atom stereocenters. The second-order valence-electron chi connectivity index (χ2n) is 7.01. The molecule has 2 N–H and O–H groups in total. The molecule has 2 aromatic heterocycles. The fourth-order valence-electron chi connectivity index (χ4n) is 3.90. The number of fused-ring (bicyclic) bond motifs is 2. The first-order valence-corrected chi connectivity index (χ1v) is 9.37. The Labute approximate surface area is 148 Å². The van der Waals surface area contributed by atoms with Gasteiger partial charge in [-0.2, -0.15) is 0 Å². The number of anilines is 1. The first kappa shape index (κ1) is 16.4. The Morgan fingerprint density at radius 2 is 1.64 bits per heavy atom. The summed E-state index contributed by atoms with van der Waals surface area (Å²) in [5, 5.41) is 6.92. The minimum absolute atomic E-state index is 0.616. The summed E-state index contributed by atoms with van der Waals surface area (Å²) < 4.78 is 0. The molecule has 6 nitrogen and oxygen atoms in total. The van der Waals surface area contributed by atoms with Crippen molar-refractivity contribution in [3.63, 3.8) is 0 Å². The van der Waals surface area contributed by atoms with E-state index in [2.05, 4.69) is 27.5 Å². The first-order valence-electron chi connectivity index (χ1n) is 9.37. The van der Waals surface area contributed by atoms with E-state index >= 15 is 0 Å². The molecule has 25 heavy (non-hydrogen) atoms. The molecular formula is C19H26N6. The maximum Gasteiger partial charge on any atom is 0.147 e. The maximum atomic E-state index is 4.81. The minimum atomic E-state index is 0.616. The van der Waals surface area contributed by atoms with E-state index < -0.39 is 0 Å². The van der Waals surface area contributed by atoms with E-state index in [0.717, 1.165) is 61.9 Å². The Kier molecular flexibility index (Phi) is 4.61. The number of nitrogens with zero attached hydrogens (tertiary/aromatic N) is 4. The molecule has 3 heterocycles. The maximum absolute atomic E-state index is 4.81. The summed E-state index contributed by atoms with van der Waals surface area (Å²) in [6.45, 7) is 6.65. The van der Waals surface area contributed by atoms with Crippen LogP contribution >= 0.6 is 0 Å². The molecule has 6 heteroatoms. The van der Waals surface area contributed by atoms with Crippen LogP contribution in [-0.4, -0.2) is 33.0 Å². The molecule has 0 amide bonds. The lowest BCUT2D eigenvalue weighted by atomic mass is 9.95. The summed E-state index contributed by atoms with van der Waals surface area (Å²) in [7, 11) is 0. The van der Waals surface area contributed by atoms with Gasteiger partial charge in [0.15, 0.2) is 0 Å². The average molecular weight is 338 g/mol. The van der Waals surface area contributed by atoms with Crippen LogP contribution in [0, 0.1) is 13.8 Å². The summed E-state index contributed by atoms with van der Waals surface area (Å²) in [5.41, 5.74) is 6.17. The molecule has 132 valence electrons. The van der Waals surface area contributed by atoms with Crippen LogP contribution in [0.3, 0.4) is 0 Å². The third-order valence-electron chi connectivity index (χ3n) is 5.15. The third kappa shape index (κ3) is 3.49. The molecule has 4 rings (SSSR count). The first-order chi connectivity index (χ1) is 12.2. The molecule has 0 atom stereocenters. The number of rotatable bonds is 3. The lowest BCUT2D eigenvalue weighted by molar-refractivity contribution is 0.648. The molecule has 1 aliphatic carbocycles. The van der Waals surface area contributed by atoms with E-state index in [-0.39, 0.29) is 0 Å². The van der Waals surface area contributed by atoms with Crippen LogP contribution in [0.2, 0.25) is 0 Å². The van der Waals surface area contributed by atoms with Crippen molar-refractivity contribution in [3.8, 4) is 0 Å². The summed E-state index contributed by atoms with van der Waals surface area (Å²) >= 11 is 0. The second-order valence-corrected chi connectivity index (χ2v) is 7.01. The zero-order valence-corrected chi connectivity index (χ0v) is 15.2. The van der Waals surface area contributed by atoms with Gasteiger partial charge in [-0.05, 0) is 58.1 Å². The minimum Gasteiger partial charge on any atom is -0.362 e. The Morgan fingerprint density at radius 1 is 0.840 bits per heavy atom. The Bertz CT molecular complexity index is 786. The molecule has 0 saturated carbocycles. The van der Waals surface area contributed by atoms with Gasteiger partial charge in [0, 0.05) is 29.9 Å². The molecule has 0 radical (unpaired) electrons. The SMILES string of the molecule is Cc1nc2c(c(NCc3nc(C)c4c(n3)CCCC4)n1)CCNCC2. The number of hydrogen-bond acceptors (Lipinski definition) is 6. The van der Waals surface area contributed by atoms with Crippen molar-refractivity contribution < 1.29 is 0 Å². The van der Waals surface area contributed by atoms with Gasteiger partial charge in [0.2, 0.25) is 0 Å². The van der Waals surface area contributed by atoms with Crippen LogP contribution in [0.5, 0.6) is 0 Å². The van der Waals surface area contributed by atoms with Gasteiger partial charge >= 0.3 is 0 Å². The van der Waals surface area contributed by atoms with E-state index in [1.165, 1.54) is 35.4 Å². The predicted octanol–water partition coefficient (Wildman–Crippen LogP) is 2.06. The quantitative estimate of drug-likeness (QED) is 0.892. The fourth-order valence-corrected chi connectivity index (χ4v) is 3.90. The van der Waals surface area contributed by atoms with Crippen molar-refractivity contribution >= 4 is 5.82 Å². The summed E-state index contributed by atoms with van der Waals surface area (Å²) in [4.78, 5) is 18.8. The van der Waals surface area contributed by atoms with Crippen molar-refractivity contribution in [1.82, 2.24) is 25.3 Å². The molecule has 0 bridgehead atoms. The van der Waals surface area contributed by atoms with Gasteiger partial charge in [-0.25, -0.2) is 19.9 Å². The smallest absolute Gasteiger partial charge is 0.147 e. The lowest BCUT2D eigenvalue weighted by Crippen LogP contribution is -2.16. The van der Waals surface area contributed by atoms with Gasteiger partial charge in [0.25, 0.3) is 0 Å². The van der Waals surface area contributed by atoms with Gasteiger partial charge in [-0.1, -0.05) is 0 Å². The van der Waals surface area contributed by atoms with Crippen LogP contribution in [0.15, 0.2) is 0 Å². The summed E-state index contributed by atoms with van der Waals surface area (Å²) in [6.07, 6.45) is 6.63. The molecular weight excluding hydrogens is 312 g/mol. The molecule has 2 aromatic rings. The van der Waals surface area contributed by atoms with E-state index in [9.17, 15) is 0 Å². The molecule has 0 aromatic carbocycles. The summed E-state index contributed by atoms with van der Waals surface area (Å²) in [6, 6.07) is 0. The van der Waals surface area contributed by atoms with Crippen LogP contribution in [0.25, 0.3) is 0 Å². The van der Waals surface area contributed by atoms with Crippen molar-refractivity contribution in [2.75, 3.05) is 18.4 Å². The average Bonchev–Trinajstić information content (AvgIpc) is 2.85. The van der Waals surface area contributed by atoms with Crippen molar-refractivity contribution in [3.05, 3.63) is 39.9 Å². The van der Waals surface area contributed by atoms with Crippen molar-refractivity contribution in [2.24, 2.45) is 0 Å². The van der Waals surface area contributed by atoms with Gasteiger partial charge in [-0.15, -0.1) is 0 Å². The number of nitrogens with one attached hydrogen (secondary N) is 2. The Morgan fingerprint density at radius 3 is 2.56 bits per heavy atom. The number of hydrogen-bond donors (Lipinski definition) is 2. The van der Waals surface area contributed by atoms with Crippen molar-refractivity contribution in [1.29, 1.82) is 0 Å². The van der Waals surface area contributed by atoms with Crippen molar-refractivity contribution in [2.45, 2.75) is 58.9 Å². The van der Waals surface area contributed by atoms with Gasteiger partial charge in [0.1, 0.15) is 17.5 Å². The molecule has 2 aliphatic rings. The van der Waals surface area contributed by atoms with Crippen LogP contribution in [0.1, 0.15) is 52.7 Å². The number of aryl methyl sites for hydroxylation is 3. The van der Waals surface area contributed by atoms with Gasteiger partial charge in [0.05, 0.1) is 12.2 Å². The third-order valence-corrected chi connectivity index (χ3v) is 5.15. The Hall–Kier alpha value is -2.08. The fraction of sp³-hybridized carbons (Fsp3) is 0.579. The highest BCUT2D eigenvalue weighted by molar-refractivity contribution is 5.47. The topological polar surface area (TPSA) is 75.6 Å². The van der Waals surface area contributed by atoms with Crippen LogP contribution in [0.4, 0.5) is 5.82 Å². The normalized spacial score (nSPS) is 16.7. The van der Waals surface area contributed by atoms with Crippen LogP contribution in [-0.2, 0) is 32.2 Å². The predicted molar refractivity (Wildman–Crippen MR) is 97.8 cm³/mol. The standard InChI is InChI=1S/C19H26N6/c1-12-14-5-3-4-6-16(14)25-18(22-12)11-21-19-15-7-9-20-10-8-17(15)23-13(2)24-19/h20H,3-11H2,1-2H3,(H,21,23,24). The van der Waals surface area contributed by atoms with Crippen LogP contribution < -0.4 is 10.6 Å². The van der Waals surface area contributed by atoms with E-state index in [4.69, 9.17) is 9.97 Å². The van der Waals surface area contributed by atoms with Gasteiger partial charge in [-0.3, -0.25) is 0 Å². The van der Waals surface area contributed by atoms with E-state index in [0.29, 0.717) is 6.54 Å². The molecule has 0 fully saturated rings. The summed E-state index contributed by atoms with van der Waals surface area (Å²) in [5.74, 6) is 2.64. The zero-order valence-electron chi connectivity index (χ0n) is 15.2.